The molecule has 0 aliphatic rings. The fourth-order valence-electron chi connectivity index (χ4n) is 3.53. The van der Waals surface area contributed by atoms with Crippen LogP contribution in [0.25, 0.3) is 22.4 Å². The molecule has 0 saturated carbocycles. The highest BCUT2D eigenvalue weighted by atomic mass is 32.1. The number of carbonyl (C=O) groups excluding carboxylic acids is 1. The molecule has 8 nitrogen and oxygen atoms in total. The number of hydrogen-bond acceptors (Lipinski definition) is 6. The summed E-state index contributed by atoms with van der Waals surface area (Å²) in [5.41, 5.74) is 3.81. The number of nitrogens with one attached hydrogen (secondary N) is 3. The lowest BCUT2D eigenvalue weighted by Crippen LogP contribution is -2.35. The van der Waals surface area contributed by atoms with Crippen molar-refractivity contribution in [1.29, 1.82) is 0 Å². The van der Waals surface area contributed by atoms with Crippen LogP contribution in [0.15, 0.2) is 85.3 Å². The van der Waals surface area contributed by atoms with Crippen molar-refractivity contribution in [3.8, 4) is 23.0 Å². The van der Waals surface area contributed by atoms with E-state index in [9.17, 15) is 9.18 Å². The summed E-state index contributed by atoms with van der Waals surface area (Å²) in [4.78, 5) is 28.1. The minimum Gasteiger partial charge on any atom is -0.434 e. The number of halogens is 1. The van der Waals surface area contributed by atoms with Crippen LogP contribution in [-0.2, 0) is 11.2 Å². The molecule has 5 aromatic rings. The summed E-state index contributed by atoms with van der Waals surface area (Å²) in [5.74, 6) is -0.774. The molecule has 0 atom stereocenters. The van der Waals surface area contributed by atoms with Crippen LogP contribution in [0.2, 0.25) is 0 Å². The molecule has 2 aromatic carbocycles. The second-order valence-corrected chi connectivity index (χ2v) is 8.16. The Morgan fingerprint density at radius 1 is 1.00 bits per heavy atom. The molecule has 0 spiro atoms. The van der Waals surface area contributed by atoms with Gasteiger partial charge in [0.2, 0.25) is 11.8 Å². The Kier molecular flexibility index (Phi) is 6.59. The molecule has 0 bridgehead atoms. The molecule has 0 radical (unpaired) electrons. The minimum absolute atomic E-state index is 0.0337. The number of hydrogen-bond donors (Lipinski definition) is 3. The number of anilines is 1. The highest BCUT2D eigenvalue weighted by Crippen LogP contribution is 2.31. The van der Waals surface area contributed by atoms with Gasteiger partial charge < -0.3 is 20.4 Å². The smallest absolute Gasteiger partial charge is 0.247 e. The van der Waals surface area contributed by atoms with Crippen LogP contribution in [0.3, 0.4) is 0 Å². The molecule has 1 amide bonds. The molecule has 5 rings (SSSR count). The number of thiocarbonyl (C=S) groups is 1. The lowest BCUT2D eigenvalue weighted by molar-refractivity contribution is -0.119. The molecule has 3 N–H and O–H groups in total. The topological polar surface area (TPSA) is 105 Å². The number of H-pyrrole nitrogens is 1. The number of rotatable bonds is 6. The first-order valence-corrected chi connectivity index (χ1v) is 11.3. The highest BCUT2D eigenvalue weighted by Gasteiger charge is 2.14. The molecular formula is C26H19FN6O2S. The largest absolute Gasteiger partial charge is 0.434 e. The van der Waals surface area contributed by atoms with Gasteiger partial charge >= 0.3 is 0 Å². The third kappa shape index (κ3) is 5.34. The van der Waals surface area contributed by atoms with Crippen LogP contribution >= 0.6 is 12.2 Å². The van der Waals surface area contributed by atoms with Crippen LogP contribution in [0.5, 0.6) is 11.6 Å². The van der Waals surface area contributed by atoms with E-state index in [1.54, 1.807) is 12.3 Å². The third-order valence-electron chi connectivity index (χ3n) is 5.18. The van der Waals surface area contributed by atoms with Crippen molar-refractivity contribution < 1.29 is 13.9 Å². The van der Waals surface area contributed by atoms with Gasteiger partial charge in [-0.25, -0.2) is 9.37 Å². The average molecular weight is 499 g/mol. The Labute approximate surface area is 210 Å². The summed E-state index contributed by atoms with van der Waals surface area (Å²) in [6.45, 7) is 0. The number of pyridine rings is 1. The Morgan fingerprint density at radius 2 is 1.83 bits per heavy atom. The summed E-state index contributed by atoms with van der Waals surface area (Å²) in [7, 11) is 0. The summed E-state index contributed by atoms with van der Waals surface area (Å²) in [5, 5.41) is 5.46. The van der Waals surface area contributed by atoms with E-state index >= 15 is 0 Å². The average Bonchev–Trinajstić information content (AvgIpc) is 3.32. The molecule has 0 unspecified atom stereocenters. The SMILES string of the molecule is O=C(Cc1ccccc1)NC(=S)Nc1ccc(Oc2ncnc3cc(-c4ccccn4)[nH]c23)c(F)c1. The van der Waals surface area contributed by atoms with Crippen molar-refractivity contribution in [2.45, 2.75) is 6.42 Å². The molecule has 10 heteroatoms. The Hall–Kier alpha value is -4.70. The maximum Gasteiger partial charge on any atom is 0.247 e. The lowest BCUT2D eigenvalue weighted by atomic mass is 10.1. The maximum absolute atomic E-state index is 14.8. The van der Waals surface area contributed by atoms with Crippen molar-refractivity contribution in [3.05, 3.63) is 96.7 Å². The number of benzene rings is 2. The Bertz CT molecular complexity index is 1540. The predicted octanol–water partition coefficient (Wildman–Crippen LogP) is 5.01. The number of fused-ring (bicyclic) bond motifs is 1. The molecular weight excluding hydrogens is 479 g/mol. The number of ether oxygens (including phenoxy) is 1. The quantitative estimate of drug-likeness (QED) is 0.283. The zero-order chi connectivity index (χ0) is 24.9. The summed E-state index contributed by atoms with van der Waals surface area (Å²) >= 11 is 5.18. The van der Waals surface area contributed by atoms with E-state index in [-0.39, 0.29) is 29.1 Å². The van der Waals surface area contributed by atoms with Crippen LogP contribution in [-0.4, -0.2) is 31.0 Å². The van der Waals surface area contributed by atoms with Gasteiger partial charge in [0.15, 0.2) is 16.7 Å². The minimum atomic E-state index is -0.637. The second-order valence-electron chi connectivity index (χ2n) is 7.75. The van der Waals surface area contributed by atoms with Gasteiger partial charge in [-0.05, 0) is 48.1 Å². The van der Waals surface area contributed by atoms with Crippen LogP contribution in [0.4, 0.5) is 10.1 Å². The standard InChI is InChI=1S/C26H19FN6O2S/c27-18-13-17(31-26(36)33-23(34)12-16-6-2-1-3-7-16)9-10-22(18)35-25-24-21(29-15-30-25)14-20(32-24)19-8-4-5-11-28-19/h1-11,13-15,32H,12H2,(H2,31,33,34,36). The Morgan fingerprint density at radius 3 is 2.61 bits per heavy atom. The van der Waals surface area contributed by atoms with Crippen molar-refractivity contribution in [3.63, 3.8) is 0 Å². The van der Waals surface area contributed by atoms with Gasteiger partial charge in [0.25, 0.3) is 0 Å². The monoisotopic (exact) mass is 498 g/mol. The zero-order valence-corrected chi connectivity index (χ0v) is 19.6. The number of aromatic nitrogens is 4. The number of amides is 1. The fourth-order valence-corrected chi connectivity index (χ4v) is 3.77. The summed E-state index contributed by atoms with van der Waals surface area (Å²) in [6, 6.07) is 20.9. The number of aromatic amines is 1. The van der Waals surface area contributed by atoms with Gasteiger partial charge in [-0.2, -0.15) is 4.98 Å². The van der Waals surface area contributed by atoms with Gasteiger partial charge in [0.05, 0.1) is 23.3 Å². The molecule has 0 saturated heterocycles. The van der Waals surface area contributed by atoms with E-state index in [4.69, 9.17) is 17.0 Å². The molecule has 0 fully saturated rings. The van der Waals surface area contributed by atoms with E-state index in [0.29, 0.717) is 16.7 Å². The van der Waals surface area contributed by atoms with Crippen LogP contribution in [0, 0.1) is 5.82 Å². The highest BCUT2D eigenvalue weighted by molar-refractivity contribution is 7.80. The summed E-state index contributed by atoms with van der Waals surface area (Å²) in [6.07, 6.45) is 3.21. The first-order valence-electron chi connectivity index (χ1n) is 10.9. The van der Waals surface area contributed by atoms with Gasteiger partial charge in [-0.15, -0.1) is 0 Å². The van der Waals surface area contributed by atoms with Crippen molar-refractivity contribution in [1.82, 2.24) is 25.3 Å². The van der Waals surface area contributed by atoms with Gasteiger partial charge in [-0.1, -0.05) is 36.4 Å². The van der Waals surface area contributed by atoms with Gasteiger partial charge in [0.1, 0.15) is 11.8 Å². The van der Waals surface area contributed by atoms with Crippen molar-refractivity contribution >= 4 is 40.0 Å². The van der Waals surface area contributed by atoms with Crippen molar-refractivity contribution in [2.24, 2.45) is 0 Å². The maximum atomic E-state index is 14.8. The fraction of sp³-hybridized carbons (Fsp3) is 0.0385. The summed E-state index contributed by atoms with van der Waals surface area (Å²) < 4.78 is 20.6. The molecule has 0 aliphatic heterocycles. The molecule has 0 aliphatic carbocycles. The van der Waals surface area contributed by atoms with E-state index in [0.717, 1.165) is 17.0 Å². The molecule has 3 aromatic heterocycles. The van der Waals surface area contributed by atoms with Crippen LogP contribution < -0.4 is 15.4 Å². The van der Waals surface area contributed by atoms with Crippen LogP contribution in [0.1, 0.15) is 5.56 Å². The van der Waals surface area contributed by atoms with Gasteiger partial charge in [0, 0.05) is 18.0 Å². The first kappa shape index (κ1) is 23.1. The van der Waals surface area contributed by atoms with E-state index in [1.165, 1.54) is 18.5 Å². The molecule has 3 heterocycles. The molecule has 178 valence electrons. The Balaban J connectivity index is 1.27. The number of nitrogens with zero attached hydrogens (tertiary/aromatic N) is 3. The molecule has 36 heavy (non-hydrogen) atoms. The lowest BCUT2D eigenvalue weighted by Gasteiger charge is -2.11. The van der Waals surface area contributed by atoms with E-state index in [1.807, 2.05) is 54.6 Å². The predicted molar refractivity (Wildman–Crippen MR) is 138 cm³/mol. The second kappa shape index (κ2) is 10.3. The van der Waals surface area contributed by atoms with E-state index < -0.39 is 5.82 Å². The van der Waals surface area contributed by atoms with E-state index in [2.05, 4.69) is 30.6 Å². The zero-order valence-electron chi connectivity index (χ0n) is 18.7. The van der Waals surface area contributed by atoms with Crippen molar-refractivity contribution in [2.75, 3.05) is 5.32 Å². The number of carbonyl (C=O) groups is 1. The third-order valence-corrected chi connectivity index (χ3v) is 5.38. The first-order chi connectivity index (χ1) is 17.5. The van der Waals surface area contributed by atoms with Gasteiger partial charge in [-0.3, -0.25) is 9.78 Å². The normalized spacial score (nSPS) is 10.7.